The minimum atomic E-state index is -0.722. The standard InChI is InChI=1S/C14H12BrNO3S/c1-9(17)10-2-7-14(13(8-10)16(18)19)20-12-5-3-11(15)4-6-12/h2-9,17H,1H3/t9-/m1/s1. The highest BCUT2D eigenvalue weighted by molar-refractivity contribution is 9.10. The summed E-state index contributed by atoms with van der Waals surface area (Å²) in [7, 11) is 0. The third-order valence-corrected chi connectivity index (χ3v) is 4.31. The highest BCUT2D eigenvalue weighted by Gasteiger charge is 2.17. The van der Waals surface area contributed by atoms with E-state index < -0.39 is 11.0 Å². The number of benzene rings is 2. The normalized spacial score (nSPS) is 12.2. The van der Waals surface area contributed by atoms with Crippen LogP contribution >= 0.6 is 27.7 Å². The third kappa shape index (κ3) is 3.59. The summed E-state index contributed by atoms with van der Waals surface area (Å²) in [5, 5.41) is 20.7. The van der Waals surface area contributed by atoms with Crippen LogP contribution in [0.3, 0.4) is 0 Å². The zero-order valence-corrected chi connectivity index (χ0v) is 13.0. The number of rotatable bonds is 4. The number of nitrogens with zero attached hydrogens (tertiary/aromatic N) is 1. The molecule has 104 valence electrons. The fourth-order valence-electron chi connectivity index (χ4n) is 1.65. The van der Waals surface area contributed by atoms with E-state index in [0.717, 1.165) is 9.37 Å². The van der Waals surface area contributed by atoms with Gasteiger partial charge in [-0.2, -0.15) is 0 Å². The van der Waals surface area contributed by atoms with Gasteiger partial charge in [-0.1, -0.05) is 33.8 Å². The van der Waals surface area contributed by atoms with Crippen molar-refractivity contribution in [1.82, 2.24) is 0 Å². The van der Waals surface area contributed by atoms with Crippen LogP contribution in [0.15, 0.2) is 56.7 Å². The van der Waals surface area contributed by atoms with Crippen molar-refractivity contribution in [3.8, 4) is 0 Å². The maximum absolute atomic E-state index is 11.1. The molecule has 4 nitrogen and oxygen atoms in total. The predicted molar refractivity (Wildman–Crippen MR) is 82.0 cm³/mol. The number of hydrogen-bond acceptors (Lipinski definition) is 4. The monoisotopic (exact) mass is 353 g/mol. The first kappa shape index (κ1) is 15.0. The van der Waals surface area contributed by atoms with Crippen LogP contribution in [-0.2, 0) is 0 Å². The van der Waals surface area contributed by atoms with Crippen molar-refractivity contribution in [2.45, 2.75) is 22.8 Å². The third-order valence-electron chi connectivity index (χ3n) is 2.70. The van der Waals surface area contributed by atoms with Crippen molar-refractivity contribution in [3.05, 3.63) is 62.6 Å². The summed E-state index contributed by atoms with van der Waals surface area (Å²) in [4.78, 5) is 12.2. The van der Waals surface area contributed by atoms with Gasteiger partial charge in [-0.05, 0) is 42.8 Å². The van der Waals surface area contributed by atoms with E-state index in [9.17, 15) is 15.2 Å². The lowest BCUT2D eigenvalue weighted by Gasteiger charge is -2.07. The summed E-state index contributed by atoms with van der Waals surface area (Å²) in [5.74, 6) is 0. The molecular weight excluding hydrogens is 342 g/mol. The van der Waals surface area contributed by atoms with Crippen LogP contribution in [0.25, 0.3) is 0 Å². The molecule has 0 amide bonds. The number of nitro benzene ring substituents is 1. The van der Waals surface area contributed by atoms with Crippen molar-refractivity contribution in [2.75, 3.05) is 0 Å². The Morgan fingerprint density at radius 3 is 2.45 bits per heavy atom. The topological polar surface area (TPSA) is 63.4 Å². The van der Waals surface area contributed by atoms with Crippen LogP contribution in [0, 0.1) is 10.1 Å². The van der Waals surface area contributed by atoms with E-state index in [2.05, 4.69) is 15.9 Å². The molecule has 0 saturated heterocycles. The molecule has 1 N–H and O–H groups in total. The molecule has 0 aromatic heterocycles. The minimum absolute atomic E-state index is 0.0105. The lowest BCUT2D eigenvalue weighted by atomic mass is 10.1. The van der Waals surface area contributed by atoms with Gasteiger partial charge in [0.2, 0.25) is 0 Å². The van der Waals surface area contributed by atoms with Crippen molar-refractivity contribution >= 4 is 33.4 Å². The van der Waals surface area contributed by atoms with Crippen LogP contribution < -0.4 is 0 Å². The van der Waals surface area contributed by atoms with Gasteiger partial charge in [-0.3, -0.25) is 10.1 Å². The molecule has 0 fully saturated rings. The molecule has 0 spiro atoms. The molecule has 0 aliphatic rings. The maximum Gasteiger partial charge on any atom is 0.283 e. The Bertz CT molecular complexity index is 629. The number of nitro groups is 1. The molecule has 2 rings (SSSR count). The van der Waals surface area contributed by atoms with Crippen LogP contribution in [0.4, 0.5) is 5.69 Å². The summed E-state index contributed by atoms with van der Waals surface area (Å²) in [5.41, 5.74) is 0.549. The zero-order valence-electron chi connectivity index (χ0n) is 10.6. The average molecular weight is 354 g/mol. The first-order valence-corrected chi connectivity index (χ1v) is 7.48. The van der Waals surface area contributed by atoms with Crippen LogP contribution in [0.2, 0.25) is 0 Å². The molecule has 0 radical (unpaired) electrons. The molecule has 0 heterocycles. The largest absolute Gasteiger partial charge is 0.389 e. The van der Waals surface area contributed by atoms with E-state index in [-0.39, 0.29) is 5.69 Å². The molecule has 0 aliphatic heterocycles. The lowest BCUT2D eigenvalue weighted by Crippen LogP contribution is -1.96. The molecule has 0 bridgehead atoms. The van der Waals surface area contributed by atoms with Crippen molar-refractivity contribution < 1.29 is 10.0 Å². The van der Waals surface area contributed by atoms with Gasteiger partial charge in [0.15, 0.2) is 0 Å². The van der Waals surface area contributed by atoms with Crippen molar-refractivity contribution in [2.24, 2.45) is 0 Å². The predicted octanol–water partition coefficient (Wildman–Crippen LogP) is 4.56. The van der Waals surface area contributed by atoms with E-state index >= 15 is 0 Å². The van der Waals surface area contributed by atoms with Crippen LogP contribution in [0.5, 0.6) is 0 Å². The second kappa shape index (κ2) is 6.39. The molecule has 0 aliphatic carbocycles. The van der Waals surface area contributed by atoms with E-state index in [1.54, 1.807) is 19.1 Å². The molecule has 2 aromatic rings. The summed E-state index contributed by atoms with van der Waals surface area (Å²) in [6.07, 6.45) is -0.722. The van der Waals surface area contributed by atoms with Gasteiger partial charge in [0.25, 0.3) is 5.69 Å². The van der Waals surface area contributed by atoms with Gasteiger partial charge in [-0.15, -0.1) is 0 Å². The molecule has 6 heteroatoms. The smallest absolute Gasteiger partial charge is 0.283 e. The minimum Gasteiger partial charge on any atom is -0.389 e. The number of hydrogen-bond donors (Lipinski definition) is 1. The van der Waals surface area contributed by atoms with Gasteiger partial charge in [0.1, 0.15) is 0 Å². The van der Waals surface area contributed by atoms with E-state index in [0.29, 0.717) is 10.5 Å². The molecule has 0 unspecified atom stereocenters. The zero-order chi connectivity index (χ0) is 14.7. The molecular formula is C14H12BrNO3S. The first-order chi connectivity index (χ1) is 9.47. The quantitative estimate of drug-likeness (QED) is 0.646. The highest BCUT2D eigenvalue weighted by Crippen LogP contribution is 2.36. The Hall–Kier alpha value is -1.37. The molecule has 2 aromatic carbocycles. The van der Waals surface area contributed by atoms with E-state index in [1.807, 2.05) is 24.3 Å². The first-order valence-electron chi connectivity index (χ1n) is 5.87. The lowest BCUT2D eigenvalue weighted by molar-refractivity contribution is -0.387. The molecule has 0 saturated carbocycles. The van der Waals surface area contributed by atoms with Crippen LogP contribution in [0.1, 0.15) is 18.6 Å². The fraction of sp³-hybridized carbons (Fsp3) is 0.143. The fourth-order valence-corrected chi connectivity index (χ4v) is 2.82. The van der Waals surface area contributed by atoms with Crippen molar-refractivity contribution in [1.29, 1.82) is 0 Å². The van der Waals surface area contributed by atoms with Gasteiger partial charge in [0, 0.05) is 15.4 Å². The summed E-state index contributed by atoms with van der Waals surface area (Å²) >= 11 is 4.68. The Morgan fingerprint density at radius 1 is 1.25 bits per heavy atom. The summed E-state index contributed by atoms with van der Waals surface area (Å²) in [6.45, 7) is 1.58. The highest BCUT2D eigenvalue weighted by atomic mass is 79.9. The molecule has 1 atom stereocenters. The number of aliphatic hydroxyl groups excluding tert-OH is 1. The second-order valence-corrected chi connectivity index (χ2v) is 6.25. The van der Waals surface area contributed by atoms with Gasteiger partial charge < -0.3 is 5.11 Å². The summed E-state index contributed by atoms with van der Waals surface area (Å²) in [6, 6.07) is 12.4. The Balaban J connectivity index is 2.35. The number of aliphatic hydroxyl groups is 1. The second-order valence-electron chi connectivity index (χ2n) is 4.22. The number of halogens is 1. The maximum atomic E-state index is 11.1. The van der Waals surface area contributed by atoms with Gasteiger partial charge in [0.05, 0.1) is 15.9 Å². The van der Waals surface area contributed by atoms with E-state index in [4.69, 9.17) is 0 Å². The SMILES string of the molecule is C[C@@H](O)c1ccc(Sc2ccc(Br)cc2)c([N+](=O)[O-])c1. The Morgan fingerprint density at radius 2 is 1.90 bits per heavy atom. The van der Waals surface area contributed by atoms with Crippen molar-refractivity contribution in [3.63, 3.8) is 0 Å². The average Bonchev–Trinajstić information content (AvgIpc) is 2.41. The van der Waals surface area contributed by atoms with Crippen LogP contribution in [-0.4, -0.2) is 10.0 Å². The summed E-state index contributed by atoms with van der Waals surface area (Å²) < 4.78 is 0.959. The molecule has 20 heavy (non-hydrogen) atoms. The Labute approximate surface area is 129 Å². The van der Waals surface area contributed by atoms with E-state index in [1.165, 1.54) is 17.8 Å². The van der Waals surface area contributed by atoms with Gasteiger partial charge >= 0.3 is 0 Å². The Kier molecular flexibility index (Phi) is 4.80. The van der Waals surface area contributed by atoms with Gasteiger partial charge in [-0.25, -0.2) is 0 Å².